The van der Waals surface area contributed by atoms with Crippen molar-refractivity contribution < 1.29 is 4.92 Å². The lowest BCUT2D eigenvalue weighted by Gasteiger charge is -2.05. The largest absolute Gasteiger partial charge is 0.274 e. The van der Waals surface area contributed by atoms with Gasteiger partial charge in [0.1, 0.15) is 0 Å². The molecule has 3 nitrogen and oxygen atoms in total. The number of halogens is 1. The van der Waals surface area contributed by atoms with Gasteiger partial charge in [0.15, 0.2) is 0 Å². The first-order chi connectivity index (χ1) is 6.02. The summed E-state index contributed by atoms with van der Waals surface area (Å²) in [5, 5.41) is 11.0. The number of rotatable bonds is 2. The Bertz CT molecular complexity index is 336. The zero-order valence-corrected chi connectivity index (χ0v) is 8.21. The maximum Gasteiger partial charge on any atom is 0.274 e. The van der Waals surface area contributed by atoms with E-state index in [1.165, 1.54) is 6.07 Å². The Balaban J connectivity index is 3.27. The molecule has 0 aromatic heterocycles. The third kappa shape index (κ3) is 2.18. The molecule has 1 rings (SSSR count). The van der Waals surface area contributed by atoms with Crippen molar-refractivity contribution in [1.29, 1.82) is 0 Å². The van der Waals surface area contributed by atoms with Crippen molar-refractivity contribution >= 4 is 17.3 Å². The van der Waals surface area contributed by atoms with E-state index in [-0.39, 0.29) is 11.6 Å². The lowest BCUT2D eigenvalue weighted by molar-refractivity contribution is -0.385. The van der Waals surface area contributed by atoms with Crippen molar-refractivity contribution in [1.82, 2.24) is 0 Å². The maximum absolute atomic E-state index is 10.6. The fourth-order valence-corrected chi connectivity index (χ4v) is 1.33. The number of benzene rings is 1. The second kappa shape index (κ2) is 3.75. The Morgan fingerprint density at radius 3 is 2.54 bits per heavy atom. The topological polar surface area (TPSA) is 43.1 Å². The van der Waals surface area contributed by atoms with Gasteiger partial charge in [0, 0.05) is 16.7 Å². The number of nitrogens with zero attached hydrogens (tertiary/aromatic N) is 1. The number of nitro benzene ring substituents is 1. The molecule has 0 atom stereocenters. The van der Waals surface area contributed by atoms with Crippen molar-refractivity contribution in [3.05, 3.63) is 38.9 Å². The molecule has 0 radical (unpaired) electrons. The van der Waals surface area contributed by atoms with E-state index in [9.17, 15) is 10.1 Å². The van der Waals surface area contributed by atoms with Crippen LogP contribution in [0.15, 0.2) is 18.2 Å². The molecule has 0 N–H and O–H groups in total. The van der Waals surface area contributed by atoms with Crippen LogP contribution in [0.3, 0.4) is 0 Å². The Labute approximate surface area is 81.5 Å². The molecule has 0 amide bonds. The van der Waals surface area contributed by atoms with Crippen LogP contribution >= 0.6 is 11.6 Å². The highest BCUT2D eigenvalue weighted by Gasteiger charge is 2.16. The van der Waals surface area contributed by atoms with Crippen LogP contribution in [0.2, 0.25) is 5.02 Å². The molecule has 13 heavy (non-hydrogen) atoms. The molecule has 0 heterocycles. The van der Waals surface area contributed by atoms with Gasteiger partial charge in [-0.05, 0) is 12.0 Å². The first-order valence-electron chi connectivity index (χ1n) is 3.96. The second-order valence-electron chi connectivity index (χ2n) is 3.11. The van der Waals surface area contributed by atoms with Crippen LogP contribution in [0.1, 0.15) is 25.3 Å². The lowest BCUT2D eigenvalue weighted by Crippen LogP contribution is -1.96. The minimum atomic E-state index is -0.402. The van der Waals surface area contributed by atoms with Crippen LogP contribution in [-0.4, -0.2) is 4.92 Å². The van der Waals surface area contributed by atoms with Crippen LogP contribution in [0.25, 0.3) is 0 Å². The molecule has 0 spiro atoms. The van der Waals surface area contributed by atoms with E-state index in [0.29, 0.717) is 5.02 Å². The fraction of sp³-hybridized carbons (Fsp3) is 0.333. The molecule has 0 aliphatic heterocycles. The molecule has 0 unspecified atom stereocenters. The predicted molar refractivity (Wildman–Crippen MR) is 52.2 cm³/mol. The smallest absolute Gasteiger partial charge is 0.258 e. The quantitative estimate of drug-likeness (QED) is 0.541. The van der Waals surface area contributed by atoms with Crippen molar-refractivity contribution in [2.24, 2.45) is 0 Å². The minimum absolute atomic E-state index is 0.0995. The lowest BCUT2D eigenvalue weighted by atomic mass is 10.0. The Hall–Kier alpha value is -1.09. The number of hydrogen-bond donors (Lipinski definition) is 0. The van der Waals surface area contributed by atoms with Crippen molar-refractivity contribution in [3.8, 4) is 0 Å². The number of hydrogen-bond acceptors (Lipinski definition) is 2. The Kier molecular flexibility index (Phi) is 2.88. The summed E-state index contributed by atoms with van der Waals surface area (Å²) in [5.41, 5.74) is 0.817. The summed E-state index contributed by atoms with van der Waals surface area (Å²) in [6, 6.07) is 4.76. The molecule has 0 saturated heterocycles. The predicted octanol–water partition coefficient (Wildman–Crippen LogP) is 3.37. The first-order valence-corrected chi connectivity index (χ1v) is 4.34. The van der Waals surface area contributed by atoms with Crippen LogP contribution in [0.4, 0.5) is 5.69 Å². The normalized spacial score (nSPS) is 10.5. The standard InChI is InChI=1S/C9H10ClNO2/c1-6(2)8-4-3-7(10)5-9(8)11(12)13/h3-6H,1-2H3. The van der Waals surface area contributed by atoms with Gasteiger partial charge in [-0.1, -0.05) is 31.5 Å². The first kappa shape index (κ1) is 9.99. The zero-order valence-electron chi connectivity index (χ0n) is 7.45. The van der Waals surface area contributed by atoms with Gasteiger partial charge in [0.2, 0.25) is 0 Å². The summed E-state index contributed by atoms with van der Waals surface area (Å²) in [4.78, 5) is 10.2. The molecular formula is C9H10ClNO2. The molecule has 1 aromatic rings. The molecule has 0 bridgehead atoms. The van der Waals surface area contributed by atoms with Gasteiger partial charge in [-0.3, -0.25) is 10.1 Å². The van der Waals surface area contributed by atoms with Gasteiger partial charge >= 0.3 is 0 Å². The van der Waals surface area contributed by atoms with E-state index in [4.69, 9.17) is 11.6 Å². The molecule has 0 aliphatic rings. The van der Waals surface area contributed by atoms with Crippen LogP contribution in [0.5, 0.6) is 0 Å². The summed E-state index contributed by atoms with van der Waals surface area (Å²) < 4.78 is 0. The van der Waals surface area contributed by atoms with Gasteiger partial charge in [-0.15, -0.1) is 0 Å². The minimum Gasteiger partial charge on any atom is -0.258 e. The average molecular weight is 200 g/mol. The van der Waals surface area contributed by atoms with Crippen LogP contribution in [-0.2, 0) is 0 Å². The summed E-state index contributed by atoms with van der Waals surface area (Å²) >= 11 is 5.66. The molecule has 0 aliphatic carbocycles. The second-order valence-corrected chi connectivity index (χ2v) is 3.55. The molecule has 1 aromatic carbocycles. The van der Waals surface area contributed by atoms with Gasteiger partial charge in [0.25, 0.3) is 5.69 Å². The van der Waals surface area contributed by atoms with Gasteiger partial charge in [-0.25, -0.2) is 0 Å². The molecule has 70 valence electrons. The van der Waals surface area contributed by atoms with E-state index in [0.717, 1.165) is 5.56 Å². The molecule has 0 saturated carbocycles. The highest BCUT2D eigenvalue weighted by molar-refractivity contribution is 6.30. The summed E-state index contributed by atoms with van der Waals surface area (Å²) in [6.45, 7) is 3.83. The SMILES string of the molecule is CC(C)c1ccc(Cl)cc1[N+](=O)[O-]. The van der Waals surface area contributed by atoms with Crippen molar-refractivity contribution in [2.75, 3.05) is 0 Å². The Morgan fingerprint density at radius 1 is 1.46 bits per heavy atom. The van der Waals surface area contributed by atoms with E-state index in [1.807, 2.05) is 13.8 Å². The Morgan fingerprint density at radius 2 is 2.08 bits per heavy atom. The third-order valence-corrected chi connectivity index (χ3v) is 2.05. The summed E-state index contributed by atoms with van der Waals surface area (Å²) in [5.74, 6) is 0.137. The monoisotopic (exact) mass is 199 g/mol. The fourth-order valence-electron chi connectivity index (χ4n) is 1.16. The zero-order chi connectivity index (χ0) is 10.0. The van der Waals surface area contributed by atoms with Crippen molar-refractivity contribution in [2.45, 2.75) is 19.8 Å². The highest BCUT2D eigenvalue weighted by Crippen LogP contribution is 2.28. The van der Waals surface area contributed by atoms with Gasteiger partial charge < -0.3 is 0 Å². The van der Waals surface area contributed by atoms with E-state index < -0.39 is 4.92 Å². The van der Waals surface area contributed by atoms with E-state index in [2.05, 4.69) is 0 Å². The molecule has 0 fully saturated rings. The van der Waals surface area contributed by atoms with Crippen LogP contribution in [0, 0.1) is 10.1 Å². The van der Waals surface area contributed by atoms with E-state index in [1.54, 1.807) is 12.1 Å². The van der Waals surface area contributed by atoms with E-state index >= 15 is 0 Å². The maximum atomic E-state index is 10.6. The average Bonchev–Trinajstić information content (AvgIpc) is 2.03. The molecule has 4 heteroatoms. The highest BCUT2D eigenvalue weighted by atomic mass is 35.5. The summed E-state index contributed by atoms with van der Waals surface area (Å²) in [7, 11) is 0. The van der Waals surface area contributed by atoms with Crippen molar-refractivity contribution in [3.63, 3.8) is 0 Å². The number of nitro groups is 1. The van der Waals surface area contributed by atoms with Gasteiger partial charge in [-0.2, -0.15) is 0 Å². The van der Waals surface area contributed by atoms with Crippen LogP contribution < -0.4 is 0 Å². The molecular weight excluding hydrogens is 190 g/mol. The summed E-state index contributed by atoms with van der Waals surface area (Å²) in [6.07, 6.45) is 0. The van der Waals surface area contributed by atoms with Gasteiger partial charge in [0.05, 0.1) is 4.92 Å². The third-order valence-electron chi connectivity index (χ3n) is 1.81.